The van der Waals surface area contributed by atoms with Gasteiger partial charge >= 0.3 is 17.9 Å². The molecule has 0 N–H and O–H groups in total. The smallest absolute Gasteiger partial charge is 0.306 e. The lowest BCUT2D eigenvalue weighted by Gasteiger charge is -2.18. The van der Waals surface area contributed by atoms with E-state index in [0.29, 0.717) is 19.3 Å². The van der Waals surface area contributed by atoms with E-state index in [-0.39, 0.29) is 37.5 Å². The van der Waals surface area contributed by atoms with Gasteiger partial charge in [0.1, 0.15) is 13.2 Å². The first-order chi connectivity index (χ1) is 36.5. The van der Waals surface area contributed by atoms with Gasteiger partial charge in [-0.2, -0.15) is 0 Å². The van der Waals surface area contributed by atoms with Gasteiger partial charge in [0.15, 0.2) is 6.10 Å². The average molecular weight is 1030 g/mol. The highest BCUT2D eigenvalue weighted by molar-refractivity contribution is 5.71. The van der Waals surface area contributed by atoms with E-state index in [9.17, 15) is 14.4 Å². The Labute approximate surface area is 457 Å². The van der Waals surface area contributed by atoms with Crippen molar-refractivity contribution in [3.05, 3.63) is 109 Å². The summed E-state index contributed by atoms with van der Waals surface area (Å²) in [6.45, 7) is 6.49. The fourth-order valence-corrected chi connectivity index (χ4v) is 8.44. The van der Waals surface area contributed by atoms with Gasteiger partial charge < -0.3 is 14.2 Å². The largest absolute Gasteiger partial charge is 0.462 e. The van der Waals surface area contributed by atoms with Crippen molar-refractivity contribution in [2.75, 3.05) is 13.2 Å². The van der Waals surface area contributed by atoms with Crippen LogP contribution in [0, 0.1) is 0 Å². The van der Waals surface area contributed by atoms with Gasteiger partial charge in [-0.15, -0.1) is 0 Å². The number of unbranched alkanes of at least 4 members (excludes halogenated alkanes) is 26. The maximum Gasteiger partial charge on any atom is 0.306 e. The fraction of sp³-hybridized carbons (Fsp3) is 0.691. The summed E-state index contributed by atoms with van der Waals surface area (Å²) in [7, 11) is 0. The van der Waals surface area contributed by atoms with Crippen LogP contribution in [0.3, 0.4) is 0 Å². The Balaban J connectivity index is 4.39. The van der Waals surface area contributed by atoms with E-state index in [1.54, 1.807) is 0 Å². The average Bonchev–Trinajstić information content (AvgIpc) is 3.40. The maximum atomic E-state index is 12.9. The zero-order valence-corrected chi connectivity index (χ0v) is 48.3. The molecule has 0 amide bonds. The number of esters is 3. The molecule has 0 radical (unpaired) electrons. The zero-order valence-electron chi connectivity index (χ0n) is 48.3. The van der Waals surface area contributed by atoms with Crippen molar-refractivity contribution in [3.8, 4) is 0 Å². The molecule has 6 nitrogen and oxygen atoms in total. The summed E-state index contributed by atoms with van der Waals surface area (Å²) in [6.07, 6.45) is 83.8. The van der Waals surface area contributed by atoms with Gasteiger partial charge in [0, 0.05) is 19.3 Å². The van der Waals surface area contributed by atoms with Crippen molar-refractivity contribution in [3.63, 3.8) is 0 Å². The van der Waals surface area contributed by atoms with Crippen LogP contribution in [0.1, 0.15) is 284 Å². The van der Waals surface area contributed by atoms with Crippen LogP contribution in [-0.2, 0) is 28.6 Å². The molecule has 0 saturated heterocycles. The Bertz CT molecular complexity index is 1510. The Kier molecular flexibility index (Phi) is 58.3. The van der Waals surface area contributed by atoms with Crippen molar-refractivity contribution in [1.82, 2.24) is 0 Å². The van der Waals surface area contributed by atoms with Gasteiger partial charge in [0.25, 0.3) is 0 Å². The summed E-state index contributed by atoms with van der Waals surface area (Å²) in [5.41, 5.74) is 0. The van der Waals surface area contributed by atoms with Crippen molar-refractivity contribution in [1.29, 1.82) is 0 Å². The molecule has 74 heavy (non-hydrogen) atoms. The summed E-state index contributed by atoms with van der Waals surface area (Å²) in [5.74, 6) is -0.948. The summed E-state index contributed by atoms with van der Waals surface area (Å²) < 4.78 is 16.8. The topological polar surface area (TPSA) is 78.9 Å². The molecule has 0 aliphatic heterocycles. The third-order valence-electron chi connectivity index (χ3n) is 13.0. The second-order valence-electron chi connectivity index (χ2n) is 20.2. The molecule has 1 atom stereocenters. The van der Waals surface area contributed by atoms with Gasteiger partial charge in [-0.25, -0.2) is 0 Å². The van der Waals surface area contributed by atoms with Crippen LogP contribution in [0.5, 0.6) is 0 Å². The molecule has 0 rings (SSSR count). The van der Waals surface area contributed by atoms with Crippen LogP contribution < -0.4 is 0 Å². The molecular weight excluding hydrogens is 913 g/mol. The van der Waals surface area contributed by atoms with E-state index in [4.69, 9.17) is 14.2 Å². The summed E-state index contributed by atoms with van der Waals surface area (Å²) >= 11 is 0. The maximum absolute atomic E-state index is 12.9. The van der Waals surface area contributed by atoms with Gasteiger partial charge in [-0.3, -0.25) is 14.4 Å². The van der Waals surface area contributed by atoms with Crippen LogP contribution in [0.25, 0.3) is 0 Å². The van der Waals surface area contributed by atoms with Crippen molar-refractivity contribution in [2.24, 2.45) is 0 Å². The molecule has 0 spiro atoms. The minimum absolute atomic E-state index is 0.0928. The highest BCUT2D eigenvalue weighted by Crippen LogP contribution is 2.16. The van der Waals surface area contributed by atoms with Crippen molar-refractivity contribution >= 4 is 17.9 Å². The molecule has 6 heteroatoms. The Morgan fingerprint density at radius 3 is 0.824 bits per heavy atom. The van der Waals surface area contributed by atoms with Crippen LogP contribution >= 0.6 is 0 Å². The Morgan fingerprint density at radius 1 is 0.284 bits per heavy atom. The SMILES string of the molecule is CC/C=C\C/C=C\C/C=C\C/C=C\C/C=C\C/C=C\C/C=C\C/C=C\C/C=C\CCCC(=O)OCC(COC(=O)CCCCCCCCCCCCCC)OC(=O)CCCCCCCCCCCCCCCCC. The predicted octanol–water partition coefficient (Wildman–Crippen LogP) is 21.0. The van der Waals surface area contributed by atoms with Gasteiger partial charge in [0.05, 0.1) is 0 Å². The highest BCUT2D eigenvalue weighted by atomic mass is 16.6. The number of ether oxygens (including phenoxy) is 3. The number of carbonyl (C=O) groups is 3. The lowest BCUT2D eigenvalue weighted by Crippen LogP contribution is -2.30. The standard InChI is InChI=1S/C68H114O6/c1-4-7-10-13-16-19-22-25-27-28-29-30-31-32-33-34-35-36-37-38-39-40-42-43-46-49-52-55-58-61-67(70)73-64-65(63-72-66(69)60-57-54-51-48-45-24-21-18-15-12-9-6-3)74-68(71)62-59-56-53-50-47-44-41-26-23-20-17-14-11-8-5-2/h7,10,16,19,25,27,29-30,32-33,35-36,38-39,42-43,49,52,65H,4-6,8-9,11-15,17-18,20-24,26,28,31,34,37,40-41,44-48,50-51,53-64H2,1-3H3/b10-7-,19-16-,27-25-,30-29-,33-32-,36-35-,39-38-,43-42-,52-49-. The molecule has 0 aliphatic rings. The zero-order chi connectivity index (χ0) is 53.6. The number of allylic oxidation sites excluding steroid dienone is 18. The second-order valence-corrected chi connectivity index (χ2v) is 20.2. The Morgan fingerprint density at radius 2 is 0.527 bits per heavy atom. The molecule has 0 aromatic rings. The highest BCUT2D eigenvalue weighted by Gasteiger charge is 2.19. The molecule has 0 aromatic heterocycles. The van der Waals surface area contributed by atoms with Gasteiger partial charge in [-0.1, -0.05) is 291 Å². The first-order valence-corrected chi connectivity index (χ1v) is 30.9. The van der Waals surface area contributed by atoms with Crippen LogP contribution in [0.2, 0.25) is 0 Å². The first-order valence-electron chi connectivity index (χ1n) is 30.9. The monoisotopic (exact) mass is 1030 g/mol. The van der Waals surface area contributed by atoms with E-state index in [0.717, 1.165) is 103 Å². The second kappa shape index (κ2) is 61.6. The minimum Gasteiger partial charge on any atom is -0.462 e. The van der Waals surface area contributed by atoms with Crippen LogP contribution in [0.4, 0.5) is 0 Å². The summed E-state index contributed by atoms with van der Waals surface area (Å²) in [6, 6.07) is 0. The molecular formula is C68H114O6. The number of hydrogen-bond acceptors (Lipinski definition) is 6. The molecule has 0 bridgehead atoms. The van der Waals surface area contributed by atoms with E-state index in [1.807, 2.05) is 0 Å². The third-order valence-corrected chi connectivity index (χ3v) is 13.0. The lowest BCUT2D eigenvalue weighted by atomic mass is 10.0. The summed E-state index contributed by atoms with van der Waals surface area (Å²) in [4.78, 5) is 38.2. The van der Waals surface area contributed by atoms with E-state index >= 15 is 0 Å². The number of carbonyl (C=O) groups excluding carboxylic acids is 3. The summed E-state index contributed by atoms with van der Waals surface area (Å²) in [5, 5.41) is 0. The minimum atomic E-state index is -0.799. The first kappa shape index (κ1) is 70.1. The number of rotatable bonds is 55. The molecule has 0 aromatic carbocycles. The third kappa shape index (κ3) is 59.0. The normalized spacial score (nSPS) is 12.9. The molecule has 422 valence electrons. The van der Waals surface area contributed by atoms with E-state index < -0.39 is 6.10 Å². The van der Waals surface area contributed by atoms with Crippen molar-refractivity contribution in [2.45, 2.75) is 290 Å². The number of hydrogen-bond donors (Lipinski definition) is 0. The van der Waals surface area contributed by atoms with E-state index in [1.165, 1.54) is 135 Å². The van der Waals surface area contributed by atoms with Crippen LogP contribution in [-0.4, -0.2) is 37.2 Å². The van der Waals surface area contributed by atoms with Gasteiger partial charge in [-0.05, 0) is 83.5 Å². The van der Waals surface area contributed by atoms with Crippen LogP contribution in [0.15, 0.2) is 109 Å². The predicted molar refractivity (Wildman–Crippen MR) is 320 cm³/mol. The molecule has 0 aliphatic carbocycles. The molecule has 0 saturated carbocycles. The Hall–Kier alpha value is -3.93. The van der Waals surface area contributed by atoms with E-state index in [2.05, 4.69) is 130 Å². The molecule has 0 fully saturated rings. The van der Waals surface area contributed by atoms with Gasteiger partial charge in [0.2, 0.25) is 0 Å². The molecule has 0 heterocycles. The van der Waals surface area contributed by atoms with Crippen molar-refractivity contribution < 1.29 is 28.6 Å². The molecule has 1 unspecified atom stereocenters. The fourth-order valence-electron chi connectivity index (χ4n) is 8.44. The quantitative estimate of drug-likeness (QED) is 0.0261. The lowest BCUT2D eigenvalue weighted by molar-refractivity contribution is -0.167.